The van der Waals surface area contributed by atoms with Gasteiger partial charge in [0.15, 0.2) is 0 Å². The lowest BCUT2D eigenvalue weighted by atomic mass is 10.2. The molecule has 0 spiro atoms. The highest BCUT2D eigenvalue weighted by molar-refractivity contribution is 7.00. The van der Waals surface area contributed by atoms with E-state index in [4.69, 9.17) is 16.9 Å². The van der Waals surface area contributed by atoms with Crippen molar-refractivity contribution in [2.24, 2.45) is 0 Å². The highest BCUT2D eigenvalue weighted by Gasteiger charge is 2.10. The Hall–Kier alpha value is -2.23. The summed E-state index contributed by atoms with van der Waals surface area (Å²) in [5, 5.41) is 12.5. The van der Waals surface area contributed by atoms with E-state index >= 15 is 0 Å². The van der Waals surface area contributed by atoms with Gasteiger partial charge in [-0.25, -0.2) is 4.98 Å². The molecule has 0 aliphatic carbocycles. The first-order chi connectivity index (χ1) is 9.28. The second-order valence-corrected chi connectivity index (χ2v) is 4.63. The van der Waals surface area contributed by atoms with Gasteiger partial charge in [-0.1, -0.05) is 17.7 Å². The maximum atomic E-state index is 8.83. The molecule has 3 aromatic rings. The van der Waals surface area contributed by atoms with Gasteiger partial charge in [0.05, 0.1) is 22.4 Å². The summed E-state index contributed by atoms with van der Waals surface area (Å²) in [5.74, 6) is 0.543. The number of halogens is 1. The number of aromatic nitrogens is 3. The Morgan fingerprint density at radius 1 is 1.21 bits per heavy atom. The minimum Gasteiger partial charge on any atom is -0.337 e. The SMILES string of the molecule is N#Cc1cccc(Nc2c(Cl)ccc3nsnc23)n1. The van der Waals surface area contributed by atoms with Crippen molar-refractivity contribution >= 4 is 45.9 Å². The molecule has 0 atom stereocenters. The molecule has 0 aliphatic rings. The molecule has 92 valence electrons. The van der Waals surface area contributed by atoms with E-state index in [1.807, 2.05) is 12.1 Å². The first-order valence-electron chi connectivity index (χ1n) is 5.33. The lowest BCUT2D eigenvalue weighted by Crippen LogP contribution is -1.96. The molecule has 5 nitrogen and oxygen atoms in total. The van der Waals surface area contributed by atoms with Crippen LogP contribution < -0.4 is 5.32 Å². The molecule has 2 heterocycles. The molecule has 3 rings (SSSR count). The van der Waals surface area contributed by atoms with Gasteiger partial charge in [0.25, 0.3) is 0 Å². The third-order valence-electron chi connectivity index (χ3n) is 2.49. The molecule has 1 aromatic carbocycles. The van der Waals surface area contributed by atoms with Crippen LogP contribution in [0.3, 0.4) is 0 Å². The van der Waals surface area contributed by atoms with Crippen molar-refractivity contribution < 1.29 is 0 Å². The van der Waals surface area contributed by atoms with Crippen LogP contribution in [0, 0.1) is 11.3 Å². The maximum absolute atomic E-state index is 8.83. The fraction of sp³-hybridized carbons (Fsp3) is 0. The third kappa shape index (κ3) is 2.21. The van der Waals surface area contributed by atoms with Gasteiger partial charge in [-0.3, -0.25) is 0 Å². The van der Waals surface area contributed by atoms with Crippen molar-refractivity contribution in [2.45, 2.75) is 0 Å². The maximum Gasteiger partial charge on any atom is 0.142 e. The first-order valence-corrected chi connectivity index (χ1v) is 6.44. The van der Waals surface area contributed by atoms with Gasteiger partial charge < -0.3 is 5.32 Å². The van der Waals surface area contributed by atoms with Crippen LogP contribution in [0.5, 0.6) is 0 Å². The van der Waals surface area contributed by atoms with Gasteiger partial charge >= 0.3 is 0 Å². The van der Waals surface area contributed by atoms with E-state index in [2.05, 4.69) is 19.0 Å². The molecule has 0 bridgehead atoms. The Bertz CT molecular complexity index is 792. The second kappa shape index (κ2) is 4.80. The second-order valence-electron chi connectivity index (χ2n) is 3.70. The van der Waals surface area contributed by atoms with E-state index in [-0.39, 0.29) is 0 Å². The molecule has 0 aliphatic heterocycles. The van der Waals surface area contributed by atoms with Gasteiger partial charge in [0.1, 0.15) is 28.6 Å². The zero-order valence-corrected chi connectivity index (χ0v) is 11.0. The highest BCUT2D eigenvalue weighted by Crippen LogP contribution is 2.31. The number of nitriles is 1. The summed E-state index contributed by atoms with van der Waals surface area (Å²) in [6, 6.07) is 10.7. The average Bonchev–Trinajstić information content (AvgIpc) is 2.91. The van der Waals surface area contributed by atoms with Crippen LogP contribution >= 0.6 is 23.3 Å². The molecule has 1 N–H and O–H groups in total. The number of nitrogens with zero attached hydrogens (tertiary/aromatic N) is 4. The smallest absolute Gasteiger partial charge is 0.142 e. The largest absolute Gasteiger partial charge is 0.337 e. The summed E-state index contributed by atoms with van der Waals surface area (Å²) in [4.78, 5) is 4.14. The normalized spacial score (nSPS) is 10.3. The Morgan fingerprint density at radius 2 is 2.11 bits per heavy atom. The summed E-state index contributed by atoms with van der Waals surface area (Å²) in [7, 11) is 0. The number of hydrogen-bond acceptors (Lipinski definition) is 6. The quantitative estimate of drug-likeness (QED) is 0.782. The fourth-order valence-corrected chi connectivity index (χ4v) is 2.38. The Kier molecular flexibility index (Phi) is 2.99. The van der Waals surface area contributed by atoms with E-state index in [9.17, 15) is 0 Å². The lowest BCUT2D eigenvalue weighted by molar-refractivity contribution is 1.26. The van der Waals surface area contributed by atoms with Crippen LogP contribution in [0.15, 0.2) is 30.3 Å². The highest BCUT2D eigenvalue weighted by atomic mass is 35.5. The zero-order chi connectivity index (χ0) is 13.2. The van der Waals surface area contributed by atoms with Crippen LogP contribution in [-0.4, -0.2) is 13.7 Å². The molecule has 0 saturated carbocycles. The predicted octanol–water partition coefficient (Wildman–Crippen LogP) is 3.35. The van der Waals surface area contributed by atoms with Gasteiger partial charge in [-0.15, -0.1) is 0 Å². The lowest BCUT2D eigenvalue weighted by Gasteiger charge is -2.07. The van der Waals surface area contributed by atoms with E-state index in [1.54, 1.807) is 24.3 Å². The number of rotatable bonds is 2. The van der Waals surface area contributed by atoms with Gasteiger partial charge in [0.2, 0.25) is 0 Å². The average molecular weight is 288 g/mol. The molecule has 7 heteroatoms. The Balaban J connectivity index is 2.07. The Morgan fingerprint density at radius 3 is 2.95 bits per heavy atom. The van der Waals surface area contributed by atoms with Crippen molar-refractivity contribution in [2.75, 3.05) is 5.32 Å². The van der Waals surface area contributed by atoms with Crippen molar-refractivity contribution in [1.82, 2.24) is 13.7 Å². The third-order valence-corrected chi connectivity index (χ3v) is 3.35. The summed E-state index contributed by atoms with van der Waals surface area (Å²) in [6.07, 6.45) is 0. The topological polar surface area (TPSA) is 74.5 Å². The monoisotopic (exact) mass is 287 g/mol. The van der Waals surface area contributed by atoms with Crippen molar-refractivity contribution in [3.05, 3.63) is 41.0 Å². The van der Waals surface area contributed by atoms with Crippen LogP contribution in [0.2, 0.25) is 5.02 Å². The molecule has 19 heavy (non-hydrogen) atoms. The zero-order valence-electron chi connectivity index (χ0n) is 9.46. The standard InChI is InChI=1S/C12H6ClN5S/c13-8-4-5-9-12(18-19-17-9)11(8)16-10-3-1-2-7(6-14)15-10/h1-5H,(H,15,16). The molecule has 0 fully saturated rings. The number of hydrogen-bond donors (Lipinski definition) is 1. The summed E-state index contributed by atoms with van der Waals surface area (Å²) < 4.78 is 8.36. The number of anilines is 2. The van der Waals surface area contributed by atoms with Gasteiger partial charge in [0, 0.05) is 0 Å². The molecule has 0 amide bonds. The van der Waals surface area contributed by atoms with Crippen LogP contribution in [0.1, 0.15) is 5.69 Å². The van der Waals surface area contributed by atoms with Gasteiger partial charge in [-0.2, -0.15) is 14.0 Å². The van der Waals surface area contributed by atoms with Gasteiger partial charge in [-0.05, 0) is 24.3 Å². The van der Waals surface area contributed by atoms with E-state index in [0.717, 1.165) is 17.2 Å². The minimum absolute atomic E-state index is 0.338. The van der Waals surface area contributed by atoms with Crippen LogP contribution in [0.4, 0.5) is 11.5 Å². The summed E-state index contributed by atoms with van der Waals surface area (Å²) in [6.45, 7) is 0. The fourth-order valence-electron chi connectivity index (χ4n) is 1.64. The number of benzene rings is 1. The van der Waals surface area contributed by atoms with Crippen molar-refractivity contribution in [3.63, 3.8) is 0 Å². The van der Waals surface area contributed by atoms with E-state index in [0.29, 0.717) is 27.7 Å². The summed E-state index contributed by atoms with van der Waals surface area (Å²) >= 11 is 7.29. The Labute approximate surface area is 117 Å². The minimum atomic E-state index is 0.338. The molecule has 0 unspecified atom stereocenters. The molecular formula is C12H6ClN5S. The molecule has 0 radical (unpaired) electrons. The predicted molar refractivity (Wildman–Crippen MR) is 74.7 cm³/mol. The van der Waals surface area contributed by atoms with E-state index in [1.165, 1.54) is 0 Å². The summed E-state index contributed by atoms with van der Waals surface area (Å²) in [5.41, 5.74) is 2.45. The van der Waals surface area contributed by atoms with E-state index < -0.39 is 0 Å². The van der Waals surface area contributed by atoms with Crippen LogP contribution in [0.25, 0.3) is 11.0 Å². The first kappa shape index (κ1) is 11.8. The van der Waals surface area contributed by atoms with Crippen molar-refractivity contribution in [3.8, 4) is 6.07 Å². The number of pyridine rings is 1. The molecule has 2 aromatic heterocycles. The van der Waals surface area contributed by atoms with Crippen molar-refractivity contribution in [1.29, 1.82) is 5.26 Å². The van der Waals surface area contributed by atoms with Crippen LogP contribution in [-0.2, 0) is 0 Å². The molecular weight excluding hydrogens is 282 g/mol. The number of nitrogens with one attached hydrogen (secondary N) is 1. The number of fused-ring (bicyclic) bond motifs is 1. The molecule has 0 saturated heterocycles.